The van der Waals surface area contributed by atoms with Crippen LogP contribution in [0.4, 0.5) is 0 Å². The number of ketones is 1. The summed E-state index contributed by atoms with van der Waals surface area (Å²) in [6.45, 7) is 11.7. The Morgan fingerprint density at radius 1 is 1.07 bits per heavy atom. The first kappa shape index (κ1) is 13.6. The van der Waals surface area contributed by atoms with Crippen molar-refractivity contribution >= 4 is 5.78 Å². The normalized spacial score (nSPS) is 13.6. The van der Waals surface area contributed by atoms with Crippen molar-refractivity contribution in [2.24, 2.45) is 17.8 Å². The molecule has 0 spiro atoms. The number of carbonyl (C=O) groups excluding carboxylic acids is 1. The third kappa shape index (κ3) is 7.07. The van der Waals surface area contributed by atoms with Crippen molar-refractivity contribution < 1.29 is 9.53 Å². The first-order valence-electron chi connectivity index (χ1n) is 5.54. The number of hydrogen-bond acceptors (Lipinski definition) is 2. The summed E-state index contributed by atoms with van der Waals surface area (Å²) in [6, 6.07) is 0. The van der Waals surface area contributed by atoms with Crippen molar-refractivity contribution in [2.75, 3.05) is 13.2 Å². The van der Waals surface area contributed by atoms with Gasteiger partial charge in [0, 0.05) is 25.6 Å². The highest BCUT2D eigenvalue weighted by Crippen LogP contribution is 2.09. The summed E-state index contributed by atoms with van der Waals surface area (Å²) in [7, 11) is 0. The van der Waals surface area contributed by atoms with Gasteiger partial charge in [0.05, 0.1) is 0 Å². The Bertz CT molecular complexity index is 162. The zero-order valence-corrected chi connectivity index (χ0v) is 10.2. The number of carbonyl (C=O) groups is 1. The van der Waals surface area contributed by atoms with E-state index in [4.69, 9.17) is 4.74 Å². The van der Waals surface area contributed by atoms with Gasteiger partial charge in [0.15, 0.2) is 0 Å². The fourth-order valence-corrected chi connectivity index (χ4v) is 1.14. The molecule has 84 valence electrons. The molecule has 0 fully saturated rings. The van der Waals surface area contributed by atoms with Crippen molar-refractivity contribution in [1.29, 1.82) is 0 Å². The van der Waals surface area contributed by atoms with E-state index in [0.29, 0.717) is 30.6 Å². The maximum Gasteiger partial charge on any atom is 0.135 e. The molecular weight excluding hydrogens is 176 g/mol. The highest BCUT2D eigenvalue weighted by atomic mass is 16.5. The molecular formula is C12H24O2. The van der Waals surface area contributed by atoms with Gasteiger partial charge in [-0.2, -0.15) is 0 Å². The van der Waals surface area contributed by atoms with E-state index in [1.807, 2.05) is 13.8 Å². The van der Waals surface area contributed by atoms with E-state index in [0.717, 1.165) is 6.61 Å². The summed E-state index contributed by atoms with van der Waals surface area (Å²) in [6.07, 6.45) is 0.649. The Hall–Kier alpha value is -0.370. The molecule has 0 aliphatic heterocycles. The molecule has 0 saturated heterocycles. The third-order valence-corrected chi connectivity index (χ3v) is 2.05. The highest BCUT2D eigenvalue weighted by molar-refractivity contribution is 5.80. The summed E-state index contributed by atoms with van der Waals surface area (Å²) in [4.78, 5) is 11.4. The zero-order valence-electron chi connectivity index (χ0n) is 10.2. The molecule has 1 unspecified atom stereocenters. The summed E-state index contributed by atoms with van der Waals surface area (Å²) in [5.74, 6) is 1.42. The van der Waals surface area contributed by atoms with Crippen LogP contribution in [-0.4, -0.2) is 19.0 Å². The van der Waals surface area contributed by atoms with Gasteiger partial charge >= 0.3 is 0 Å². The van der Waals surface area contributed by atoms with Crippen molar-refractivity contribution in [3.63, 3.8) is 0 Å². The molecule has 0 amide bonds. The lowest BCUT2D eigenvalue weighted by molar-refractivity contribution is -0.123. The molecule has 0 saturated carbocycles. The van der Waals surface area contributed by atoms with Crippen LogP contribution in [0, 0.1) is 17.8 Å². The highest BCUT2D eigenvalue weighted by Gasteiger charge is 2.12. The lowest BCUT2D eigenvalue weighted by Gasteiger charge is -2.13. The average Bonchev–Trinajstić information content (AvgIpc) is 2.02. The van der Waals surface area contributed by atoms with Crippen LogP contribution in [0.3, 0.4) is 0 Å². The first-order chi connectivity index (χ1) is 6.43. The topological polar surface area (TPSA) is 26.3 Å². The quantitative estimate of drug-likeness (QED) is 0.631. The Kier molecular flexibility index (Phi) is 6.81. The van der Waals surface area contributed by atoms with E-state index in [2.05, 4.69) is 20.8 Å². The lowest BCUT2D eigenvalue weighted by atomic mass is 9.98. The van der Waals surface area contributed by atoms with Gasteiger partial charge in [0.1, 0.15) is 5.78 Å². The smallest absolute Gasteiger partial charge is 0.135 e. The molecule has 0 radical (unpaired) electrons. The van der Waals surface area contributed by atoms with E-state index in [-0.39, 0.29) is 5.92 Å². The molecule has 2 nitrogen and oxygen atoms in total. The van der Waals surface area contributed by atoms with Crippen LogP contribution in [0.2, 0.25) is 0 Å². The van der Waals surface area contributed by atoms with Crippen LogP contribution in [0.5, 0.6) is 0 Å². The summed E-state index contributed by atoms with van der Waals surface area (Å²) in [5, 5.41) is 0. The minimum Gasteiger partial charge on any atom is -0.381 e. The van der Waals surface area contributed by atoms with Crippen LogP contribution in [0.15, 0.2) is 0 Å². The zero-order chi connectivity index (χ0) is 11.1. The second-order valence-corrected chi connectivity index (χ2v) is 4.86. The predicted octanol–water partition coefficient (Wildman–Crippen LogP) is 2.91. The minimum atomic E-state index is 0.155. The van der Waals surface area contributed by atoms with Gasteiger partial charge < -0.3 is 4.74 Å². The molecule has 0 aromatic carbocycles. The second kappa shape index (κ2) is 6.99. The molecule has 0 aliphatic rings. The Balaban J connectivity index is 3.55. The fourth-order valence-electron chi connectivity index (χ4n) is 1.14. The van der Waals surface area contributed by atoms with Crippen LogP contribution in [0.1, 0.15) is 41.0 Å². The van der Waals surface area contributed by atoms with E-state index in [1.54, 1.807) is 0 Å². The van der Waals surface area contributed by atoms with Gasteiger partial charge in [-0.25, -0.2) is 0 Å². The molecule has 0 N–H and O–H groups in total. The number of Topliss-reactive ketones (excluding diaryl/α,β-unsaturated/α-hetero) is 1. The Morgan fingerprint density at radius 3 is 2.07 bits per heavy atom. The molecule has 0 aromatic heterocycles. The number of ether oxygens (including phenoxy) is 1. The standard InChI is InChI=1S/C12H24O2/c1-9(2)7-14-8-11(5)6-12(13)10(3)4/h9-11H,6-8H2,1-5H3. The van der Waals surface area contributed by atoms with Crippen LogP contribution in [-0.2, 0) is 9.53 Å². The number of rotatable bonds is 7. The van der Waals surface area contributed by atoms with E-state index in [9.17, 15) is 4.79 Å². The van der Waals surface area contributed by atoms with Gasteiger partial charge in [-0.15, -0.1) is 0 Å². The largest absolute Gasteiger partial charge is 0.381 e. The predicted molar refractivity (Wildman–Crippen MR) is 59.3 cm³/mol. The van der Waals surface area contributed by atoms with Crippen molar-refractivity contribution in [3.8, 4) is 0 Å². The molecule has 0 aliphatic carbocycles. The molecule has 0 bridgehead atoms. The van der Waals surface area contributed by atoms with E-state index in [1.165, 1.54) is 0 Å². The van der Waals surface area contributed by atoms with Crippen molar-refractivity contribution in [2.45, 2.75) is 41.0 Å². The molecule has 0 heterocycles. The maximum atomic E-state index is 11.4. The summed E-state index contributed by atoms with van der Waals surface area (Å²) in [5.41, 5.74) is 0. The van der Waals surface area contributed by atoms with Gasteiger partial charge in [-0.1, -0.05) is 34.6 Å². The minimum absolute atomic E-state index is 0.155. The third-order valence-electron chi connectivity index (χ3n) is 2.05. The molecule has 0 aromatic rings. The van der Waals surface area contributed by atoms with E-state index < -0.39 is 0 Å². The first-order valence-corrected chi connectivity index (χ1v) is 5.54. The maximum absolute atomic E-state index is 11.4. The van der Waals surface area contributed by atoms with Crippen molar-refractivity contribution in [3.05, 3.63) is 0 Å². The SMILES string of the molecule is CC(C)COCC(C)CC(=O)C(C)C. The number of hydrogen-bond donors (Lipinski definition) is 0. The monoisotopic (exact) mass is 200 g/mol. The van der Waals surface area contributed by atoms with Crippen LogP contribution in [0.25, 0.3) is 0 Å². The Labute approximate surface area is 88.0 Å². The lowest BCUT2D eigenvalue weighted by Crippen LogP contribution is -2.16. The summed E-state index contributed by atoms with van der Waals surface area (Å²) < 4.78 is 5.49. The molecule has 14 heavy (non-hydrogen) atoms. The fraction of sp³-hybridized carbons (Fsp3) is 0.917. The molecule has 1 atom stereocenters. The van der Waals surface area contributed by atoms with Gasteiger partial charge in [-0.3, -0.25) is 4.79 Å². The van der Waals surface area contributed by atoms with Crippen LogP contribution >= 0.6 is 0 Å². The molecule has 0 rings (SSSR count). The summed E-state index contributed by atoms with van der Waals surface area (Å²) >= 11 is 0. The van der Waals surface area contributed by atoms with Gasteiger partial charge in [0.2, 0.25) is 0 Å². The second-order valence-electron chi connectivity index (χ2n) is 4.86. The van der Waals surface area contributed by atoms with E-state index >= 15 is 0 Å². The van der Waals surface area contributed by atoms with Gasteiger partial charge in [0.25, 0.3) is 0 Å². The molecule has 2 heteroatoms. The van der Waals surface area contributed by atoms with Crippen LogP contribution < -0.4 is 0 Å². The van der Waals surface area contributed by atoms with Gasteiger partial charge in [-0.05, 0) is 11.8 Å². The average molecular weight is 200 g/mol. The van der Waals surface area contributed by atoms with Crippen molar-refractivity contribution in [1.82, 2.24) is 0 Å². The Morgan fingerprint density at radius 2 is 1.64 bits per heavy atom.